The van der Waals surface area contributed by atoms with E-state index in [1.54, 1.807) is 0 Å². The van der Waals surface area contributed by atoms with Gasteiger partial charge in [0.05, 0.1) is 17.6 Å². The molecule has 1 aromatic heterocycles. The molecule has 0 fully saturated rings. The molecule has 0 unspecified atom stereocenters. The SMILES string of the molecule is OCc1ccc2c(c1)nc1n2CCCCC1. The van der Waals surface area contributed by atoms with Gasteiger partial charge in [0.1, 0.15) is 5.82 Å². The molecule has 16 heavy (non-hydrogen) atoms. The molecule has 2 aromatic rings. The van der Waals surface area contributed by atoms with Crippen LogP contribution in [0.2, 0.25) is 0 Å². The number of aryl methyl sites for hydroxylation is 2. The van der Waals surface area contributed by atoms with E-state index >= 15 is 0 Å². The number of benzene rings is 1. The summed E-state index contributed by atoms with van der Waals surface area (Å²) in [7, 11) is 0. The largest absolute Gasteiger partial charge is 0.392 e. The number of rotatable bonds is 1. The van der Waals surface area contributed by atoms with Gasteiger partial charge in [0.15, 0.2) is 0 Å². The van der Waals surface area contributed by atoms with Crippen molar-refractivity contribution in [3.05, 3.63) is 29.6 Å². The fourth-order valence-corrected chi connectivity index (χ4v) is 2.49. The third kappa shape index (κ3) is 1.52. The molecule has 3 rings (SSSR count). The number of aromatic nitrogens is 2. The Morgan fingerprint density at radius 3 is 3.06 bits per heavy atom. The molecule has 2 heterocycles. The number of aliphatic hydroxyl groups is 1. The lowest BCUT2D eigenvalue weighted by Gasteiger charge is -2.04. The van der Waals surface area contributed by atoms with Crippen LogP contribution < -0.4 is 0 Å². The molecule has 1 aliphatic heterocycles. The Hall–Kier alpha value is -1.35. The minimum absolute atomic E-state index is 0.0954. The lowest BCUT2D eigenvalue weighted by molar-refractivity contribution is 0.282. The highest BCUT2D eigenvalue weighted by Gasteiger charge is 2.13. The standard InChI is InChI=1S/C13H16N2O/c16-9-10-5-6-12-11(8-10)14-13-4-2-1-3-7-15(12)13/h5-6,8,16H,1-4,7,9H2. The summed E-state index contributed by atoms with van der Waals surface area (Å²) in [6, 6.07) is 6.07. The van der Waals surface area contributed by atoms with Crippen molar-refractivity contribution in [3.8, 4) is 0 Å². The summed E-state index contributed by atoms with van der Waals surface area (Å²) >= 11 is 0. The molecular formula is C13H16N2O. The molecular weight excluding hydrogens is 200 g/mol. The molecule has 1 N–H and O–H groups in total. The summed E-state index contributed by atoms with van der Waals surface area (Å²) in [5.74, 6) is 1.21. The Balaban J connectivity index is 2.17. The van der Waals surface area contributed by atoms with E-state index in [1.165, 1.54) is 30.6 Å². The Kier molecular flexibility index (Phi) is 2.40. The zero-order chi connectivity index (χ0) is 11.0. The number of hydrogen-bond acceptors (Lipinski definition) is 2. The first kappa shape index (κ1) is 9.85. The first-order chi connectivity index (χ1) is 7.88. The minimum Gasteiger partial charge on any atom is -0.392 e. The van der Waals surface area contributed by atoms with E-state index < -0.39 is 0 Å². The van der Waals surface area contributed by atoms with Crippen molar-refractivity contribution in [2.75, 3.05) is 0 Å². The van der Waals surface area contributed by atoms with Crippen LogP contribution in [-0.4, -0.2) is 14.7 Å². The van der Waals surface area contributed by atoms with Crippen molar-refractivity contribution in [2.45, 2.75) is 38.8 Å². The van der Waals surface area contributed by atoms with Gasteiger partial charge in [-0.15, -0.1) is 0 Å². The van der Waals surface area contributed by atoms with Crippen LogP contribution in [0.1, 0.15) is 30.7 Å². The van der Waals surface area contributed by atoms with Crippen LogP contribution in [0.25, 0.3) is 11.0 Å². The summed E-state index contributed by atoms with van der Waals surface area (Å²) in [5, 5.41) is 9.11. The van der Waals surface area contributed by atoms with E-state index in [1.807, 2.05) is 12.1 Å². The molecule has 0 saturated heterocycles. The van der Waals surface area contributed by atoms with Crippen molar-refractivity contribution in [2.24, 2.45) is 0 Å². The minimum atomic E-state index is 0.0954. The molecule has 0 atom stereocenters. The maximum absolute atomic E-state index is 9.11. The van der Waals surface area contributed by atoms with Crippen LogP contribution in [0.4, 0.5) is 0 Å². The van der Waals surface area contributed by atoms with E-state index in [9.17, 15) is 0 Å². The van der Waals surface area contributed by atoms with Gasteiger partial charge in [-0.25, -0.2) is 4.98 Å². The lowest BCUT2D eigenvalue weighted by Crippen LogP contribution is -1.99. The van der Waals surface area contributed by atoms with Crippen LogP contribution in [0, 0.1) is 0 Å². The van der Waals surface area contributed by atoms with Crippen molar-refractivity contribution < 1.29 is 5.11 Å². The summed E-state index contributed by atoms with van der Waals surface area (Å²) in [5.41, 5.74) is 3.19. The van der Waals surface area contributed by atoms with Crippen molar-refractivity contribution in [1.29, 1.82) is 0 Å². The third-order valence-electron chi connectivity index (χ3n) is 3.36. The number of hydrogen-bond donors (Lipinski definition) is 1. The van der Waals surface area contributed by atoms with Gasteiger partial charge in [-0.05, 0) is 30.5 Å². The van der Waals surface area contributed by atoms with Crippen LogP contribution >= 0.6 is 0 Å². The van der Waals surface area contributed by atoms with Gasteiger partial charge in [-0.2, -0.15) is 0 Å². The van der Waals surface area contributed by atoms with Gasteiger partial charge < -0.3 is 9.67 Å². The average molecular weight is 216 g/mol. The number of imidazole rings is 1. The number of nitrogens with zero attached hydrogens (tertiary/aromatic N) is 2. The zero-order valence-corrected chi connectivity index (χ0v) is 9.32. The molecule has 3 heteroatoms. The predicted octanol–water partition coefficient (Wildman–Crippen LogP) is 2.25. The van der Waals surface area contributed by atoms with Gasteiger partial charge in [-0.1, -0.05) is 12.5 Å². The average Bonchev–Trinajstić information content (AvgIpc) is 2.50. The van der Waals surface area contributed by atoms with Crippen molar-refractivity contribution in [3.63, 3.8) is 0 Å². The molecule has 84 valence electrons. The van der Waals surface area contributed by atoms with Crippen molar-refractivity contribution >= 4 is 11.0 Å². The maximum atomic E-state index is 9.11. The summed E-state index contributed by atoms with van der Waals surface area (Å²) < 4.78 is 2.34. The quantitative estimate of drug-likeness (QED) is 0.794. The molecule has 0 saturated carbocycles. The van der Waals surface area contributed by atoms with Crippen LogP contribution in [0.15, 0.2) is 18.2 Å². The fourth-order valence-electron chi connectivity index (χ4n) is 2.49. The Labute approximate surface area is 94.7 Å². The van der Waals surface area contributed by atoms with Crippen LogP contribution in [-0.2, 0) is 19.6 Å². The summed E-state index contributed by atoms with van der Waals surface area (Å²) in [4.78, 5) is 4.67. The fraction of sp³-hybridized carbons (Fsp3) is 0.462. The van der Waals surface area contributed by atoms with Crippen LogP contribution in [0.3, 0.4) is 0 Å². The van der Waals surface area contributed by atoms with E-state index in [-0.39, 0.29) is 6.61 Å². The van der Waals surface area contributed by atoms with Gasteiger partial charge in [0.25, 0.3) is 0 Å². The Morgan fingerprint density at radius 2 is 2.19 bits per heavy atom. The molecule has 1 aromatic carbocycles. The lowest BCUT2D eigenvalue weighted by atomic mass is 10.2. The molecule has 0 radical (unpaired) electrons. The van der Waals surface area contributed by atoms with Gasteiger partial charge >= 0.3 is 0 Å². The molecule has 0 aliphatic carbocycles. The Morgan fingerprint density at radius 1 is 1.25 bits per heavy atom. The van der Waals surface area contributed by atoms with E-state index in [0.29, 0.717) is 0 Å². The monoisotopic (exact) mass is 216 g/mol. The summed E-state index contributed by atoms with van der Waals surface area (Å²) in [6.07, 6.45) is 4.89. The molecule has 0 amide bonds. The summed E-state index contributed by atoms with van der Waals surface area (Å²) in [6.45, 7) is 1.18. The zero-order valence-electron chi connectivity index (χ0n) is 9.32. The van der Waals surface area contributed by atoms with Crippen LogP contribution in [0.5, 0.6) is 0 Å². The highest BCUT2D eigenvalue weighted by molar-refractivity contribution is 5.77. The second-order valence-corrected chi connectivity index (χ2v) is 4.47. The Bertz CT molecular complexity index is 516. The van der Waals surface area contributed by atoms with E-state index in [0.717, 1.165) is 24.0 Å². The highest BCUT2D eigenvalue weighted by Crippen LogP contribution is 2.22. The maximum Gasteiger partial charge on any atom is 0.109 e. The first-order valence-corrected chi connectivity index (χ1v) is 5.97. The van der Waals surface area contributed by atoms with E-state index in [4.69, 9.17) is 5.11 Å². The molecule has 0 spiro atoms. The number of fused-ring (bicyclic) bond motifs is 3. The normalized spacial score (nSPS) is 16.1. The number of aliphatic hydroxyl groups excluding tert-OH is 1. The smallest absolute Gasteiger partial charge is 0.109 e. The molecule has 3 nitrogen and oxygen atoms in total. The van der Waals surface area contributed by atoms with Crippen molar-refractivity contribution in [1.82, 2.24) is 9.55 Å². The third-order valence-corrected chi connectivity index (χ3v) is 3.36. The van der Waals surface area contributed by atoms with E-state index in [2.05, 4.69) is 15.6 Å². The second kappa shape index (κ2) is 3.91. The molecule has 0 bridgehead atoms. The van der Waals surface area contributed by atoms with Gasteiger partial charge in [-0.3, -0.25) is 0 Å². The van der Waals surface area contributed by atoms with Gasteiger partial charge in [0, 0.05) is 13.0 Å². The molecule has 1 aliphatic rings. The van der Waals surface area contributed by atoms with Gasteiger partial charge in [0.2, 0.25) is 0 Å². The topological polar surface area (TPSA) is 38.1 Å². The first-order valence-electron chi connectivity index (χ1n) is 5.97. The highest BCUT2D eigenvalue weighted by atomic mass is 16.3. The second-order valence-electron chi connectivity index (χ2n) is 4.47. The predicted molar refractivity (Wildman–Crippen MR) is 63.2 cm³/mol.